The first kappa shape index (κ1) is 15.7. The van der Waals surface area contributed by atoms with Gasteiger partial charge in [-0.1, -0.05) is 41.9 Å². The van der Waals surface area contributed by atoms with E-state index in [1.54, 1.807) is 0 Å². The average Bonchev–Trinajstić information content (AvgIpc) is 2.90. The minimum absolute atomic E-state index is 0.483. The molecule has 1 atom stereocenters. The van der Waals surface area contributed by atoms with Gasteiger partial charge in [0.15, 0.2) is 5.82 Å². The lowest BCUT2D eigenvalue weighted by atomic mass is 10.1. The molecule has 1 aromatic heterocycles. The van der Waals surface area contributed by atoms with Crippen molar-refractivity contribution in [2.75, 3.05) is 6.54 Å². The third-order valence-corrected chi connectivity index (χ3v) is 3.49. The van der Waals surface area contributed by atoms with E-state index in [1.807, 2.05) is 0 Å². The van der Waals surface area contributed by atoms with Crippen LogP contribution in [0.25, 0.3) is 0 Å². The molecule has 0 aliphatic heterocycles. The third kappa shape index (κ3) is 5.31. The Bertz CT molecular complexity index is 550. The first-order valence-electron chi connectivity index (χ1n) is 7.77. The molecule has 4 heteroatoms. The van der Waals surface area contributed by atoms with Crippen molar-refractivity contribution < 1.29 is 4.52 Å². The second kappa shape index (κ2) is 7.93. The van der Waals surface area contributed by atoms with Crippen LogP contribution in [0.15, 0.2) is 28.8 Å². The molecule has 1 unspecified atom stereocenters. The quantitative estimate of drug-likeness (QED) is 0.809. The number of rotatable bonds is 8. The van der Waals surface area contributed by atoms with Gasteiger partial charge in [0, 0.05) is 18.9 Å². The van der Waals surface area contributed by atoms with Crippen molar-refractivity contribution in [2.24, 2.45) is 0 Å². The van der Waals surface area contributed by atoms with Crippen LogP contribution in [-0.4, -0.2) is 22.7 Å². The van der Waals surface area contributed by atoms with Gasteiger partial charge in [-0.2, -0.15) is 4.98 Å². The molecule has 0 aliphatic rings. The fourth-order valence-corrected chi connectivity index (χ4v) is 2.30. The molecule has 4 nitrogen and oxygen atoms in total. The number of hydrogen-bond donors (Lipinski definition) is 1. The van der Waals surface area contributed by atoms with Gasteiger partial charge in [-0.25, -0.2) is 0 Å². The lowest BCUT2D eigenvalue weighted by Gasteiger charge is -2.10. The molecule has 1 N–H and O–H groups in total. The van der Waals surface area contributed by atoms with Crippen LogP contribution in [0.4, 0.5) is 0 Å². The minimum Gasteiger partial charge on any atom is -0.339 e. The van der Waals surface area contributed by atoms with Crippen molar-refractivity contribution in [3.05, 3.63) is 47.1 Å². The first-order chi connectivity index (χ1) is 10.2. The number of nitrogens with one attached hydrogen (secondary N) is 1. The maximum atomic E-state index is 5.33. The van der Waals surface area contributed by atoms with Gasteiger partial charge in [0.1, 0.15) is 0 Å². The summed E-state index contributed by atoms with van der Waals surface area (Å²) < 4.78 is 5.33. The van der Waals surface area contributed by atoms with E-state index in [0.717, 1.165) is 43.9 Å². The molecule has 1 aromatic carbocycles. The number of hydrogen-bond acceptors (Lipinski definition) is 4. The minimum atomic E-state index is 0.483. The summed E-state index contributed by atoms with van der Waals surface area (Å²) in [5.41, 5.74) is 2.48. The second-order valence-corrected chi connectivity index (χ2v) is 5.66. The van der Waals surface area contributed by atoms with Gasteiger partial charge in [-0.05, 0) is 38.8 Å². The molecule has 0 aliphatic carbocycles. The van der Waals surface area contributed by atoms with Gasteiger partial charge in [0.25, 0.3) is 0 Å². The molecule has 0 bridgehead atoms. The van der Waals surface area contributed by atoms with Crippen LogP contribution in [0, 0.1) is 6.92 Å². The summed E-state index contributed by atoms with van der Waals surface area (Å²) in [6.45, 7) is 7.52. The van der Waals surface area contributed by atoms with Crippen molar-refractivity contribution in [3.63, 3.8) is 0 Å². The summed E-state index contributed by atoms with van der Waals surface area (Å²) in [6, 6.07) is 8.90. The molecule has 0 saturated heterocycles. The van der Waals surface area contributed by atoms with E-state index in [-0.39, 0.29) is 0 Å². The molecule has 2 rings (SSSR count). The van der Waals surface area contributed by atoms with Crippen molar-refractivity contribution in [1.82, 2.24) is 15.5 Å². The van der Waals surface area contributed by atoms with Gasteiger partial charge < -0.3 is 9.84 Å². The maximum absolute atomic E-state index is 5.33. The number of benzene rings is 1. The molecular formula is C17H25N3O. The molecule has 0 spiro atoms. The predicted octanol–water partition coefficient (Wildman–Crippen LogP) is 3.29. The molecule has 0 amide bonds. The highest BCUT2D eigenvalue weighted by molar-refractivity contribution is 5.24. The van der Waals surface area contributed by atoms with Crippen molar-refractivity contribution in [3.8, 4) is 0 Å². The predicted molar refractivity (Wildman–Crippen MR) is 84.4 cm³/mol. The molecule has 2 aromatic rings. The highest BCUT2D eigenvalue weighted by Crippen LogP contribution is 2.10. The van der Waals surface area contributed by atoms with Crippen LogP contribution in [-0.2, 0) is 12.8 Å². The van der Waals surface area contributed by atoms with Gasteiger partial charge in [-0.15, -0.1) is 0 Å². The normalized spacial score (nSPS) is 12.5. The summed E-state index contributed by atoms with van der Waals surface area (Å²) in [5, 5.41) is 7.54. The largest absolute Gasteiger partial charge is 0.339 e. The molecule has 1 heterocycles. The summed E-state index contributed by atoms with van der Waals surface area (Å²) in [6.07, 6.45) is 3.74. The van der Waals surface area contributed by atoms with Crippen molar-refractivity contribution in [2.45, 2.75) is 52.5 Å². The van der Waals surface area contributed by atoms with Crippen molar-refractivity contribution >= 4 is 0 Å². The molecule has 114 valence electrons. The van der Waals surface area contributed by atoms with Crippen LogP contribution in [0.1, 0.15) is 49.5 Å². The van der Waals surface area contributed by atoms with Crippen LogP contribution in [0.3, 0.4) is 0 Å². The Morgan fingerprint density at radius 3 is 2.95 bits per heavy atom. The van der Waals surface area contributed by atoms with E-state index in [9.17, 15) is 0 Å². The fraction of sp³-hybridized carbons (Fsp3) is 0.529. The monoisotopic (exact) mass is 287 g/mol. The van der Waals surface area contributed by atoms with E-state index in [4.69, 9.17) is 4.52 Å². The summed E-state index contributed by atoms with van der Waals surface area (Å²) in [5.74, 6) is 1.51. The van der Waals surface area contributed by atoms with Gasteiger partial charge >= 0.3 is 0 Å². The van der Waals surface area contributed by atoms with E-state index < -0.39 is 0 Å². The van der Waals surface area contributed by atoms with E-state index in [1.165, 1.54) is 11.1 Å². The summed E-state index contributed by atoms with van der Waals surface area (Å²) >= 11 is 0. The average molecular weight is 287 g/mol. The Kier molecular flexibility index (Phi) is 5.93. The van der Waals surface area contributed by atoms with E-state index in [0.29, 0.717) is 6.04 Å². The number of aromatic nitrogens is 2. The SMILES string of the molecule is CCCNC(C)CCc1nc(Cc2cccc(C)c2)no1. The van der Waals surface area contributed by atoms with Crippen LogP contribution >= 0.6 is 0 Å². The first-order valence-corrected chi connectivity index (χ1v) is 7.77. The smallest absolute Gasteiger partial charge is 0.226 e. The Morgan fingerprint density at radius 1 is 1.33 bits per heavy atom. The lowest BCUT2D eigenvalue weighted by Crippen LogP contribution is -2.27. The Balaban J connectivity index is 1.84. The molecular weight excluding hydrogens is 262 g/mol. The number of nitrogens with zero attached hydrogens (tertiary/aromatic N) is 2. The van der Waals surface area contributed by atoms with Gasteiger partial charge in [-0.3, -0.25) is 0 Å². The van der Waals surface area contributed by atoms with Crippen LogP contribution in [0.5, 0.6) is 0 Å². The molecule has 0 saturated carbocycles. The molecule has 0 radical (unpaired) electrons. The van der Waals surface area contributed by atoms with Crippen LogP contribution < -0.4 is 5.32 Å². The molecule has 0 fully saturated rings. The van der Waals surface area contributed by atoms with Crippen molar-refractivity contribution in [1.29, 1.82) is 0 Å². The number of aryl methyl sites for hydroxylation is 2. The zero-order valence-electron chi connectivity index (χ0n) is 13.2. The standard InChI is InChI=1S/C17H25N3O/c1-4-10-18-14(3)8-9-17-19-16(20-21-17)12-15-7-5-6-13(2)11-15/h5-7,11,14,18H,4,8-10,12H2,1-3H3. The lowest BCUT2D eigenvalue weighted by molar-refractivity contribution is 0.363. The van der Waals surface area contributed by atoms with Gasteiger partial charge in [0.05, 0.1) is 0 Å². The Hall–Kier alpha value is -1.68. The fourth-order valence-electron chi connectivity index (χ4n) is 2.30. The van der Waals surface area contributed by atoms with Gasteiger partial charge in [0.2, 0.25) is 5.89 Å². The Labute approximate surface area is 127 Å². The summed E-state index contributed by atoms with van der Waals surface area (Å²) in [7, 11) is 0. The summed E-state index contributed by atoms with van der Waals surface area (Å²) in [4.78, 5) is 4.48. The zero-order chi connectivity index (χ0) is 15.1. The van der Waals surface area contributed by atoms with Crippen LogP contribution in [0.2, 0.25) is 0 Å². The zero-order valence-corrected chi connectivity index (χ0v) is 13.2. The second-order valence-electron chi connectivity index (χ2n) is 5.66. The molecule has 21 heavy (non-hydrogen) atoms. The topological polar surface area (TPSA) is 51.0 Å². The maximum Gasteiger partial charge on any atom is 0.226 e. The van der Waals surface area contributed by atoms with E-state index in [2.05, 4.69) is 60.5 Å². The highest BCUT2D eigenvalue weighted by atomic mass is 16.5. The highest BCUT2D eigenvalue weighted by Gasteiger charge is 2.09. The third-order valence-electron chi connectivity index (χ3n) is 3.49. The Morgan fingerprint density at radius 2 is 2.19 bits per heavy atom. The van der Waals surface area contributed by atoms with E-state index >= 15 is 0 Å².